The van der Waals surface area contributed by atoms with Gasteiger partial charge >= 0.3 is 0 Å². The van der Waals surface area contributed by atoms with Crippen LogP contribution in [0.1, 0.15) is 6.92 Å². The molecule has 0 spiro atoms. The van der Waals surface area contributed by atoms with Gasteiger partial charge in [-0.2, -0.15) is 0 Å². The third-order valence-corrected chi connectivity index (χ3v) is 0.678. The van der Waals surface area contributed by atoms with Crippen molar-refractivity contribution in [2.45, 2.75) is 6.92 Å². The van der Waals surface area contributed by atoms with E-state index in [1.165, 1.54) is 0 Å². The minimum absolute atomic E-state index is 0.669. The van der Waals surface area contributed by atoms with E-state index in [2.05, 4.69) is 11.9 Å². The largest absolute Gasteiger partial charge is 0.386 e. The van der Waals surface area contributed by atoms with Crippen molar-refractivity contribution in [2.24, 2.45) is 5.73 Å². The Morgan fingerprint density at radius 3 is 2.88 bits per heavy atom. The van der Waals surface area contributed by atoms with E-state index in [0.717, 1.165) is 6.54 Å². The van der Waals surface area contributed by atoms with Crippen LogP contribution in [0.4, 0.5) is 0 Å². The maximum atomic E-state index is 5.37. The molecule has 3 N–H and O–H groups in total. The second kappa shape index (κ2) is 4.24. The van der Waals surface area contributed by atoms with Crippen molar-refractivity contribution in [3.05, 3.63) is 24.6 Å². The molecule has 0 fully saturated rings. The summed E-state index contributed by atoms with van der Waals surface area (Å²) in [4.78, 5) is 0. The molecule has 0 aromatic heterocycles. The van der Waals surface area contributed by atoms with E-state index in [9.17, 15) is 0 Å². The molecule has 0 aliphatic carbocycles. The maximum absolute atomic E-state index is 5.37. The number of nitrogens with one attached hydrogen (secondary N) is 1. The molecule has 0 unspecified atom stereocenters. The number of nitrogens with two attached hydrogens (primary N) is 1. The third kappa shape index (κ3) is 3.28. The number of hydrogen-bond acceptors (Lipinski definition) is 2. The first-order valence-corrected chi connectivity index (χ1v) is 2.63. The van der Waals surface area contributed by atoms with Gasteiger partial charge in [0.05, 0.1) is 5.82 Å². The lowest BCUT2D eigenvalue weighted by molar-refractivity contribution is 0.841. The molecule has 0 saturated carbocycles. The molecular weight excluding hydrogens is 100 g/mol. The van der Waals surface area contributed by atoms with E-state index in [0.29, 0.717) is 5.82 Å². The molecule has 8 heavy (non-hydrogen) atoms. The first-order valence-electron chi connectivity index (χ1n) is 2.63. The molecule has 0 aromatic rings. The molecule has 2 nitrogen and oxygen atoms in total. The highest BCUT2D eigenvalue weighted by Crippen LogP contribution is 1.74. The molecule has 0 radical (unpaired) electrons. The third-order valence-electron chi connectivity index (χ3n) is 0.678. The van der Waals surface area contributed by atoms with E-state index in [1.807, 2.05) is 6.92 Å². The van der Waals surface area contributed by atoms with Crippen LogP contribution in [0.15, 0.2) is 24.6 Å². The lowest BCUT2D eigenvalue weighted by Gasteiger charge is -1.98. The Morgan fingerprint density at radius 2 is 2.50 bits per heavy atom. The van der Waals surface area contributed by atoms with Gasteiger partial charge in [0, 0.05) is 6.54 Å². The van der Waals surface area contributed by atoms with Gasteiger partial charge in [0.25, 0.3) is 0 Å². The monoisotopic (exact) mass is 112 g/mol. The average Bonchev–Trinajstić information content (AvgIpc) is 1.68. The number of rotatable bonds is 3. The molecule has 0 aliphatic rings. The number of hydrogen-bond donors (Lipinski definition) is 2. The molecule has 2 heteroatoms. The molecule has 46 valence electrons. The summed E-state index contributed by atoms with van der Waals surface area (Å²) in [6.07, 6.45) is 3.38. The Balaban J connectivity index is 3.44. The summed E-state index contributed by atoms with van der Waals surface area (Å²) in [5.74, 6) is 0.669. The van der Waals surface area contributed by atoms with Gasteiger partial charge in [-0.25, -0.2) is 0 Å². The normalized spacial score (nSPS) is 10.9. The van der Waals surface area contributed by atoms with Crippen LogP contribution >= 0.6 is 0 Å². The van der Waals surface area contributed by atoms with Crippen molar-refractivity contribution in [2.75, 3.05) is 6.54 Å². The Hall–Kier alpha value is -0.920. The first-order chi connectivity index (χ1) is 3.81. The van der Waals surface area contributed by atoms with Crippen molar-refractivity contribution in [1.82, 2.24) is 5.32 Å². The van der Waals surface area contributed by atoms with Crippen LogP contribution in [-0.4, -0.2) is 6.54 Å². The SMILES string of the molecule is C=C/C=C(/N)NCC. The standard InChI is InChI=1S/C6H12N2/c1-3-5-6(7)8-4-2/h3,5,8H,1,4,7H2,2H3/b6-5-. The molecular formula is C6H12N2. The first kappa shape index (κ1) is 7.08. The van der Waals surface area contributed by atoms with Crippen molar-refractivity contribution < 1.29 is 0 Å². The van der Waals surface area contributed by atoms with Gasteiger partial charge < -0.3 is 11.1 Å². The smallest absolute Gasteiger partial charge is 0.0959 e. The van der Waals surface area contributed by atoms with Crippen LogP contribution in [0.5, 0.6) is 0 Å². The zero-order chi connectivity index (χ0) is 6.41. The average molecular weight is 112 g/mol. The quantitative estimate of drug-likeness (QED) is 0.524. The van der Waals surface area contributed by atoms with Gasteiger partial charge in [-0.3, -0.25) is 0 Å². The lowest BCUT2D eigenvalue weighted by atomic mass is 10.5. The summed E-state index contributed by atoms with van der Waals surface area (Å²) in [5.41, 5.74) is 5.37. The molecule has 0 saturated heterocycles. The van der Waals surface area contributed by atoms with Crippen LogP contribution in [0.3, 0.4) is 0 Å². The molecule has 0 aliphatic heterocycles. The molecule has 0 amide bonds. The molecule has 0 atom stereocenters. The van der Waals surface area contributed by atoms with Gasteiger partial charge in [-0.1, -0.05) is 12.7 Å². The Bertz CT molecular complexity index is 94.7. The van der Waals surface area contributed by atoms with E-state index in [-0.39, 0.29) is 0 Å². The van der Waals surface area contributed by atoms with Crippen LogP contribution in [-0.2, 0) is 0 Å². The Kier molecular flexibility index (Phi) is 3.76. The Labute approximate surface area is 50.1 Å². The summed E-state index contributed by atoms with van der Waals surface area (Å²) >= 11 is 0. The van der Waals surface area contributed by atoms with Crippen LogP contribution in [0.2, 0.25) is 0 Å². The van der Waals surface area contributed by atoms with E-state index < -0.39 is 0 Å². The fraction of sp³-hybridized carbons (Fsp3) is 0.333. The predicted octanol–water partition coefficient (Wildman–Crippen LogP) is 0.582. The minimum atomic E-state index is 0.669. The van der Waals surface area contributed by atoms with Crippen molar-refractivity contribution >= 4 is 0 Å². The predicted molar refractivity (Wildman–Crippen MR) is 36.1 cm³/mol. The fourth-order valence-corrected chi connectivity index (χ4v) is 0.390. The highest BCUT2D eigenvalue weighted by atomic mass is 15.0. The highest BCUT2D eigenvalue weighted by molar-refractivity contribution is 5.04. The van der Waals surface area contributed by atoms with Gasteiger partial charge in [0.2, 0.25) is 0 Å². The zero-order valence-electron chi connectivity index (χ0n) is 5.15. The Morgan fingerprint density at radius 1 is 1.88 bits per heavy atom. The highest BCUT2D eigenvalue weighted by Gasteiger charge is 1.77. The zero-order valence-corrected chi connectivity index (χ0v) is 5.15. The second-order valence-electron chi connectivity index (χ2n) is 1.39. The molecule has 0 aromatic carbocycles. The fourth-order valence-electron chi connectivity index (χ4n) is 0.390. The van der Waals surface area contributed by atoms with E-state index >= 15 is 0 Å². The van der Waals surface area contributed by atoms with Gasteiger partial charge in [0.1, 0.15) is 0 Å². The topological polar surface area (TPSA) is 38.0 Å². The van der Waals surface area contributed by atoms with Gasteiger partial charge in [-0.15, -0.1) is 0 Å². The lowest BCUT2D eigenvalue weighted by Crippen LogP contribution is -2.18. The summed E-state index contributed by atoms with van der Waals surface area (Å²) in [5, 5.41) is 2.91. The van der Waals surface area contributed by atoms with E-state index in [4.69, 9.17) is 5.73 Å². The summed E-state index contributed by atoms with van der Waals surface area (Å²) < 4.78 is 0. The number of allylic oxidation sites excluding steroid dienone is 2. The second-order valence-corrected chi connectivity index (χ2v) is 1.39. The van der Waals surface area contributed by atoms with Crippen molar-refractivity contribution in [1.29, 1.82) is 0 Å². The molecule has 0 heterocycles. The van der Waals surface area contributed by atoms with Gasteiger partial charge in [0.15, 0.2) is 0 Å². The van der Waals surface area contributed by atoms with Crippen LogP contribution < -0.4 is 11.1 Å². The summed E-state index contributed by atoms with van der Waals surface area (Å²) in [6, 6.07) is 0. The molecule has 0 bridgehead atoms. The van der Waals surface area contributed by atoms with Crippen LogP contribution in [0, 0.1) is 0 Å². The maximum Gasteiger partial charge on any atom is 0.0959 e. The molecule has 0 rings (SSSR count). The van der Waals surface area contributed by atoms with Gasteiger partial charge in [-0.05, 0) is 13.0 Å². The van der Waals surface area contributed by atoms with Crippen LogP contribution in [0.25, 0.3) is 0 Å². The van der Waals surface area contributed by atoms with E-state index in [1.54, 1.807) is 12.2 Å². The minimum Gasteiger partial charge on any atom is -0.386 e. The van der Waals surface area contributed by atoms with Crippen molar-refractivity contribution in [3.63, 3.8) is 0 Å². The van der Waals surface area contributed by atoms with Crippen molar-refractivity contribution in [3.8, 4) is 0 Å². The summed E-state index contributed by atoms with van der Waals surface area (Å²) in [7, 11) is 0. The summed E-state index contributed by atoms with van der Waals surface area (Å²) in [6.45, 7) is 6.33.